The molecule has 0 fully saturated rings. The van der Waals surface area contributed by atoms with Gasteiger partial charge in [0.25, 0.3) is 5.91 Å². The first-order valence-electron chi connectivity index (χ1n) is 7.18. The quantitative estimate of drug-likeness (QED) is 0.431. The average molecular weight is 392 g/mol. The Kier molecular flexibility index (Phi) is 6.62. The number of carbonyl (C=O) groups is 1. The molecule has 3 N–H and O–H groups in total. The third kappa shape index (κ3) is 4.99. The van der Waals surface area contributed by atoms with Crippen molar-refractivity contribution in [1.82, 2.24) is 5.32 Å². The number of nitrogens with zero attached hydrogens (tertiary/aromatic N) is 1. The zero-order valence-electron chi connectivity index (χ0n) is 13.2. The van der Waals surface area contributed by atoms with E-state index in [1.807, 2.05) is 30.3 Å². The Morgan fingerprint density at radius 2 is 2.04 bits per heavy atom. The van der Waals surface area contributed by atoms with Crippen LogP contribution in [0.5, 0.6) is 11.5 Å². The van der Waals surface area contributed by atoms with Crippen LogP contribution in [0.3, 0.4) is 0 Å². The van der Waals surface area contributed by atoms with Crippen molar-refractivity contribution in [3.8, 4) is 11.5 Å². The van der Waals surface area contributed by atoms with Crippen molar-refractivity contribution in [2.24, 2.45) is 10.9 Å². The predicted octanol–water partition coefficient (Wildman–Crippen LogP) is 2.45. The lowest BCUT2D eigenvalue weighted by Crippen LogP contribution is -2.28. The van der Waals surface area contributed by atoms with Crippen molar-refractivity contribution in [1.29, 1.82) is 0 Å². The highest BCUT2D eigenvalue weighted by molar-refractivity contribution is 9.10. The number of carbonyl (C=O) groups excluding carboxylic acids is 1. The lowest BCUT2D eigenvalue weighted by molar-refractivity contribution is -0.123. The van der Waals surface area contributed by atoms with E-state index in [9.17, 15) is 4.79 Å². The molecule has 0 aliphatic heterocycles. The summed E-state index contributed by atoms with van der Waals surface area (Å²) in [6.07, 6.45) is 1.49. The summed E-state index contributed by atoms with van der Waals surface area (Å²) >= 11 is 3.40. The molecule has 0 bridgehead atoms. The summed E-state index contributed by atoms with van der Waals surface area (Å²) < 4.78 is 11.6. The van der Waals surface area contributed by atoms with Crippen molar-refractivity contribution >= 4 is 28.1 Å². The molecule has 0 saturated heterocycles. The maximum atomic E-state index is 11.9. The highest BCUT2D eigenvalue weighted by atomic mass is 79.9. The van der Waals surface area contributed by atoms with Crippen LogP contribution in [0.15, 0.2) is 52.0 Å². The Labute approximate surface area is 148 Å². The van der Waals surface area contributed by atoms with Gasteiger partial charge in [-0.25, -0.2) is 0 Å². The van der Waals surface area contributed by atoms with Gasteiger partial charge in [-0.3, -0.25) is 4.79 Å². The summed E-state index contributed by atoms with van der Waals surface area (Å²) in [5, 5.41) is 6.28. The van der Waals surface area contributed by atoms with Gasteiger partial charge < -0.3 is 20.6 Å². The van der Waals surface area contributed by atoms with E-state index in [4.69, 9.17) is 15.3 Å². The minimum atomic E-state index is -0.218. The zero-order valence-corrected chi connectivity index (χ0v) is 14.7. The molecule has 2 aromatic carbocycles. The van der Waals surface area contributed by atoms with E-state index in [0.29, 0.717) is 18.0 Å². The maximum absolute atomic E-state index is 11.9. The molecule has 0 aromatic heterocycles. The van der Waals surface area contributed by atoms with Gasteiger partial charge in [0.2, 0.25) is 0 Å². The summed E-state index contributed by atoms with van der Waals surface area (Å²) in [5.74, 6) is 5.89. The van der Waals surface area contributed by atoms with E-state index in [-0.39, 0.29) is 12.5 Å². The second-order valence-corrected chi connectivity index (χ2v) is 5.71. The van der Waals surface area contributed by atoms with E-state index < -0.39 is 0 Å². The van der Waals surface area contributed by atoms with Crippen LogP contribution in [-0.4, -0.2) is 25.8 Å². The van der Waals surface area contributed by atoms with E-state index in [2.05, 4.69) is 26.3 Å². The third-order valence-electron chi connectivity index (χ3n) is 3.19. The van der Waals surface area contributed by atoms with Gasteiger partial charge in [-0.05, 0) is 33.6 Å². The topological polar surface area (TPSA) is 85.9 Å². The van der Waals surface area contributed by atoms with E-state index in [0.717, 1.165) is 15.6 Å². The number of halogens is 1. The Morgan fingerprint density at radius 3 is 2.71 bits per heavy atom. The first-order chi connectivity index (χ1) is 11.6. The molecule has 0 atom stereocenters. The first-order valence-corrected chi connectivity index (χ1v) is 7.97. The van der Waals surface area contributed by atoms with Crippen LogP contribution in [0, 0.1) is 0 Å². The molecule has 0 aliphatic rings. The van der Waals surface area contributed by atoms with Crippen LogP contribution in [-0.2, 0) is 11.3 Å². The van der Waals surface area contributed by atoms with E-state index in [1.165, 1.54) is 13.3 Å². The zero-order chi connectivity index (χ0) is 17.4. The molecule has 6 nitrogen and oxygen atoms in total. The lowest BCUT2D eigenvalue weighted by Gasteiger charge is -2.12. The molecule has 0 aliphatic carbocycles. The highest BCUT2D eigenvalue weighted by Crippen LogP contribution is 2.32. The average Bonchev–Trinajstić information content (AvgIpc) is 2.61. The summed E-state index contributed by atoms with van der Waals surface area (Å²) in [6.45, 7) is 0.343. The van der Waals surface area contributed by atoms with Crippen molar-refractivity contribution in [3.63, 3.8) is 0 Å². The second-order valence-electron chi connectivity index (χ2n) is 4.85. The van der Waals surface area contributed by atoms with Gasteiger partial charge in [0.1, 0.15) is 0 Å². The SMILES string of the molecule is COc1cc(C=NN)c(Br)cc1OCC(=O)NCc1ccccc1. The summed E-state index contributed by atoms with van der Waals surface area (Å²) in [6, 6.07) is 13.1. The predicted molar refractivity (Wildman–Crippen MR) is 96.3 cm³/mol. The van der Waals surface area contributed by atoms with Gasteiger partial charge in [0.05, 0.1) is 13.3 Å². The van der Waals surface area contributed by atoms with Gasteiger partial charge >= 0.3 is 0 Å². The molecule has 2 rings (SSSR count). The fourth-order valence-electron chi connectivity index (χ4n) is 1.99. The Morgan fingerprint density at radius 1 is 1.29 bits per heavy atom. The molecule has 0 spiro atoms. The number of nitrogens with one attached hydrogen (secondary N) is 1. The normalized spacial score (nSPS) is 10.6. The Hall–Kier alpha value is -2.54. The van der Waals surface area contributed by atoms with Gasteiger partial charge in [-0.1, -0.05) is 30.3 Å². The van der Waals surface area contributed by atoms with Gasteiger partial charge in [0, 0.05) is 16.6 Å². The highest BCUT2D eigenvalue weighted by Gasteiger charge is 2.11. The van der Waals surface area contributed by atoms with Gasteiger partial charge in [-0.15, -0.1) is 0 Å². The van der Waals surface area contributed by atoms with Crippen LogP contribution in [0.25, 0.3) is 0 Å². The van der Waals surface area contributed by atoms with E-state index in [1.54, 1.807) is 12.1 Å². The van der Waals surface area contributed by atoms with Crippen molar-refractivity contribution in [3.05, 3.63) is 58.1 Å². The number of hydrazone groups is 1. The summed E-state index contributed by atoms with van der Waals surface area (Å²) in [5.41, 5.74) is 1.77. The first kappa shape index (κ1) is 17.8. The molecule has 24 heavy (non-hydrogen) atoms. The van der Waals surface area contributed by atoms with Crippen LogP contribution < -0.4 is 20.6 Å². The van der Waals surface area contributed by atoms with Crippen molar-refractivity contribution in [2.75, 3.05) is 13.7 Å². The summed E-state index contributed by atoms with van der Waals surface area (Å²) in [7, 11) is 1.52. The van der Waals surface area contributed by atoms with Crippen LogP contribution >= 0.6 is 15.9 Å². The minimum Gasteiger partial charge on any atom is -0.493 e. The number of amides is 1. The molecule has 2 aromatic rings. The molecule has 0 heterocycles. The standard InChI is InChI=1S/C17H18BrN3O3/c1-23-15-7-13(10-21-19)14(18)8-16(15)24-11-17(22)20-9-12-5-3-2-4-6-12/h2-8,10H,9,11,19H2,1H3,(H,20,22). The lowest BCUT2D eigenvalue weighted by atomic mass is 10.2. The monoisotopic (exact) mass is 391 g/mol. The second kappa shape index (κ2) is 8.93. The number of benzene rings is 2. The Bertz CT molecular complexity index is 721. The minimum absolute atomic E-state index is 0.111. The molecule has 126 valence electrons. The molecular formula is C17H18BrN3O3. The van der Waals surface area contributed by atoms with Crippen LogP contribution in [0.1, 0.15) is 11.1 Å². The molecule has 7 heteroatoms. The smallest absolute Gasteiger partial charge is 0.258 e. The Balaban J connectivity index is 1.95. The maximum Gasteiger partial charge on any atom is 0.258 e. The molecule has 0 radical (unpaired) electrons. The fourth-order valence-corrected chi connectivity index (χ4v) is 2.42. The molecule has 1 amide bonds. The van der Waals surface area contributed by atoms with E-state index >= 15 is 0 Å². The number of rotatable bonds is 7. The summed E-state index contributed by atoms with van der Waals surface area (Å²) in [4.78, 5) is 11.9. The van der Waals surface area contributed by atoms with Gasteiger partial charge in [-0.2, -0.15) is 5.10 Å². The molecule has 0 saturated carbocycles. The van der Waals surface area contributed by atoms with Crippen LogP contribution in [0.2, 0.25) is 0 Å². The number of hydrogen-bond acceptors (Lipinski definition) is 5. The largest absolute Gasteiger partial charge is 0.493 e. The molecule has 0 unspecified atom stereocenters. The number of methoxy groups -OCH3 is 1. The van der Waals surface area contributed by atoms with Crippen molar-refractivity contribution in [2.45, 2.75) is 6.54 Å². The third-order valence-corrected chi connectivity index (χ3v) is 3.87. The number of hydrogen-bond donors (Lipinski definition) is 2. The number of ether oxygens (including phenoxy) is 2. The van der Waals surface area contributed by atoms with Gasteiger partial charge in [0.15, 0.2) is 18.1 Å². The number of nitrogens with two attached hydrogens (primary N) is 1. The van der Waals surface area contributed by atoms with Crippen LogP contribution in [0.4, 0.5) is 0 Å². The molecular weight excluding hydrogens is 374 g/mol. The van der Waals surface area contributed by atoms with Crippen molar-refractivity contribution < 1.29 is 14.3 Å². The fraction of sp³-hybridized carbons (Fsp3) is 0.176.